The summed E-state index contributed by atoms with van der Waals surface area (Å²) in [6, 6.07) is 5.47. The average Bonchev–Trinajstić information content (AvgIpc) is 2.60. The van der Waals surface area contributed by atoms with E-state index in [-0.39, 0.29) is 11.1 Å². The lowest BCUT2D eigenvalue weighted by Crippen LogP contribution is -2.42. The molecule has 150 valence electrons. The number of hydrogen-bond donors (Lipinski definition) is 2. The van der Waals surface area contributed by atoms with Crippen LogP contribution in [0.3, 0.4) is 0 Å². The molecule has 0 saturated carbocycles. The summed E-state index contributed by atoms with van der Waals surface area (Å²) < 4.78 is 75.8. The first-order valence-electron chi connectivity index (χ1n) is 7.75. The number of carboxylic acid groups (broad SMARTS) is 1. The number of halogens is 6. The number of carbonyl (C=O) groups is 2. The summed E-state index contributed by atoms with van der Waals surface area (Å²) in [6.07, 6.45) is -9.65. The van der Waals surface area contributed by atoms with Gasteiger partial charge < -0.3 is 10.4 Å². The molecule has 1 amide bonds. The normalized spacial score (nSPS) is 13.1. The van der Waals surface area contributed by atoms with Gasteiger partial charge in [0.25, 0.3) is 5.91 Å². The summed E-state index contributed by atoms with van der Waals surface area (Å²) in [5, 5.41) is 11.3. The highest BCUT2D eigenvalue weighted by molar-refractivity contribution is 5.96. The van der Waals surface area contributed by atoms with Gasteiger partial charge in [-0.3, -0.25) is 4.79 Å². The fourth-order valence-corrected chi connectivity index (χ4v) is 2.36. The van der Waals surface area contributed by atoms with Crippen LogP contribution in [0.4, 0.5) is 26.3 Å². The van der Waals surface area contributed by atoms with Crippen LogP contribution in [0.5, 0.6) is 0 Å². The van der Waals surface area contributed by atoms with E-state index in [1.54, 1.807) is 0 Å². The van der Waals surface area contributed by atoms with Crippen molar-refractivity contribution < 1.29 is 41.0 Å². The van der Waals surface area contributed by atoms with Gasteiger partial charge >= 0.3 is 18.3 Å². The number of benzene rings is 2. The molecule has 0 bridgehead atoms. The van der Waals surface area contributed by atoms with Crippen LogP contribution in [0.1, 0.15) is 27.0 Å². The molecule has 2 rings (SSSR count). The monoisotopic (exact) mass is 405 g/mol. The van der Waals surface area contributed by atoms with Gasteiger partial charge in [-0.1, -0.05) is 18.2 Å². The second kappa shape index (κ2) is 7.91. The maximum Gasteiger partial charge on any atom is 0.416 e. The molecule has 0 unspecified atom stereocenters. The van der Waals surface area contributed by atoms with Gasteiger partial charge in [0.1, 0.15) is 6.04 Å². The highest BCUT2D eigenvalue weighted by Crippen LogP contribution is 2.30. The lowest BCUT2D eigenvalue weighted by molar-refractivity contribution is -0.139. The Morgan fingerprint density at radius 3 is 1.96 bits per heavy atom. The zero-order chi connectivity index (χ0) is 21.1. The van der Waals surface area contributed by atoms with E-state index in [4.69, 9.17) is 0 Å². The number of amides is 1. The Bertz CT molecular complexity index is 859. The molecule has 0 spiro atoms. The molecular formula is C18H13F6NO3. The zero-order valence-electron chi connectivity index (χ0n) is 13.9. The molecule has 4 nitrogen and oxygen atoms in total. The Hall–Kier alpha value is -3.04. The highest BCUT2D eigenvalue weighted by atomic mass is 19.4. The van der Waals surface area contributed by atoms with E-state index in [1.165, 1.54) is 6.07 Å². The van der Waals surface area contributed by atoms with Crippen molar-refractivity contribution in [3.05, 3.63) is 70.8 Å². The van der Waals surface area contributed by atoms with Crippen molar-refractivity contribution in [3.8, 4) is 0 Å². The van der Waals surface area contributed by atoms with Crippen LogP contribution in [0.15, 0.2) is 48.5 Å². The average molecular weight is 405 g/mol. The molecule has 0 aromatic heterocycles. The first kappa shape index (κ1) is 21.3. The number of nitrogens with one attached hydrogen (secondary N) is 1. The lowest BCUT2D eigenvalue weighted by atomic mass is 10.0. The number of rotatable bonds is 5. The van der Waals surface area contributed by atoms with Crippen LogP contribution in [0.25, 0.3) is 0 Å². The molecule has 1 atom stereocenters. The maximum atomic E-state index is 12.7. The second-order valence-corrected chi connectivity index (χ2v) is 5.84. The van der Waals surface area contributed by atoms with Crippen LogP contribution < -0.4 is 5.32 Å². The molecule has 28 heavy (non-hydrogen) atoms. The van der Waals surface area contributed by atoms with Crippen LogP contribution >= 0.6 is 0 Å². The highest BCUT2D eigenvalue weighted by Gasteiger charge is 2.32. The molecule has 0 saturated heterocycles. The summed E-state index contributed by atoms with van der Waals surface area (Å²) in [5.74, 6) is -2.47. The van der Waals surface area contributed by atoms with E-state index in [0.29, 0.717) is 12.1 Å². The Balaban J connectivity index is 2.15. The minimum absolute atomic E-state index is 0.0231. The number of carboxylic acids is 1. The molecule has 0 heterocycles. The van der Waals surface area contributed by atoms with Crippen molar-refractivity contribution in [2.24, 2.45) is 0 Å². The molecular weight excluding hydrogens is 392 g/mol. The summed E-state index contributed by atoms with van der Waals surface area (Å²) in [4.78, 5) is 23.5. The van der Waals surface area contributed by atoms with Gasteiger partial charge in [0.05, 0.1) is 11.1 Å². The van der Waals surface area contributed by atoms with Gasteiger partial charge in [-0.15, -0.1) is 0 Å². The van der Waals surface area contributed by atoms with E-state index in [0.717, 1.165) is 30.3 Å². The second-order valence-electron chi connectivity index (χ2n) is 5.84. The van der Waals surface area contributed by atoms with Gasteiger partial charge in [-0.2, -0.15) is 26.3 Å². The lowest BCUT2D eigenvalue weighted by Gasteiger charge is -2.16. The number of alkyl halides is 6. The van der Waals surface area contributed by atoms with E-state index >= 15 is 0 Å². The third-order valence-electron chi connectivity index (χ3n) is 3.77. The van der Waals surface area contributed by atoms with E-state index in [1.807, 2.05) is 0 Å². The predicted octanol–water partition coefficient (Wildman–Crippen LogP) is 4.15. The van der Waals surface area contributed by atoms with Crippen molar-refractivity contribution in [2.75, 3.05) is 0 Å². The minimum atomic E-state index is -4.61. The van der Waals surface area contributed by atoms with Crippen molar-refractivity contribution in [1.29, 1.82) is 0 Å². The predicted molar refractivity (Wildman–Crippen MR) is 85.5 cm³/mol. The first-order chi connectivity index (χ1) is 12.9. The van der Waals surface area contributed by atoms with Gasteiger partial charge in [-0.25, -0.2) is 4.79 Å². The van der Waals surface area contributed by atoms with E-state index < -0.39 is 47.8 Å². The Labute approximate surface area is 154 Å². The smallest absolute Gasteiger partial charge is 0.416 e. The van der Waals surface area contributed by atoms with Crippen LogP contribution in [-0.4, -0.2) is 23.0 Å². The Kier molecular flexibility index (Phi) is 6.01. The molecule has 2 aromatic rings. The van der Waals surface area contributed by atoms with Crippen LogP contribution in [0, 0.1) is 0 Å². The fourth-order valence-electron chi connectivity index (χ4n) is 2.36. The van der Waals surface area contributed by atoms with Crippen LogP contribution in [-0.2, 0) is 23.6 Å². The van der Waals surface area contributed by atoms with Crippen molar-refractivity contribution in [2.45, 2.75) is 24.8 Å². The van der Waals surface area contributed by atoms with Crippen LogP contribution in [0.2, 0.25) is 0 Å². The summed E-state index contributed by atoms with van der Waals surface area (Å²) in [5.41, 5.74) is -2.15. The molecule has 2 N–H and O–H groups in total. The number of hydrogen-bond acceptors (Lipinski definition) is 2. The minimum Gasteiger partial charge on any atom is -0.480 e. The molecule has 0 fully saturated rings. The summed E-state index contributed by atoms with van der Waals surface area (Å²) in [7, 11) is 0. The van der Waals surface area contributed by atoms with E-state index in [2.05, 4.69) is 5.32 Å². The largest absolute Gasteiger partial charge is 0.480 e. The van der Waals surface area contributed by atoms with Gasteiger partial charge in [0.15, 0.2) is 0 Å². The molecule has 0 aliphatic heterocycles. The summed E-state index contributed by atoms with van der Waals surface area (Å²) in [6.45, 7) is 0. The van der Waals surface area contributed by atoms with Gasteiger partial charge in [0.2, 0.25) is 0 Å². The van der Waals surface area contributed by atoms with Crippen molar-refractivity contribution in [1.82, 2.24) is 5.32 Å². The summed E-state index contributed by atoms with van der Waals surface area (Å²) >= 11 is 0. The number of aliphatic carboxylic acids is 1. The molecule has 10 heteroatoms. The fraction of sp³-hybridized carbons (Fsp3) is 0.222. The third kappa shape index (κ3) is 5.48. The standard InChI is InChI=1S/C18H13F6NO3/c19-17(20,21)12-6-4-11(5-7-12)15(26)25-14(16(27)28)9-10-2-1-3-13(8-10)18(22,23)24/h1-8,14H,9H2,(H,25,26)(H,27,28)/t14-/m1/s1. The molecule has 2 aromatic carbocycles. The number of carbonyl (C=O) groups excluding carboxylic acids is 1. The Morgan fingerprint density at radius 2 is 1.46 bits per heavy atom. The first-order valence-corrected chi connectivity index (χ1v) is 7.75. The zero-order valence-corrected chi connectivity index (χ0v) is 13.9. The van der Waals surface area contributed by atoms with Gasteiger partial charge in [0, 0.05) is 12.0 Å². The Morgan fingerprint density at radius 1 is 0.893 bits per heavy atom. The molecule has 0 radical (unpaired) electrons. The third-order valence-corrected chi connectivity index (χ3v) is 3.77. The van der Waals surface area contributed by atoms with Crippen molar-refractivity contribution >= 4 is 11.9 Å². The van der Waals surface area contributed by atoms with Crippen molar-refractivity contribution in [3.63, 3.8) is 0 Å². The maximum absolute atomic E-state index is 12.7. The topological polar surface area (TPSA) is 66.4 Å². The molecule has 0 aliphatic rings. The van der Waals surface area contributed by atoms with Gasteiger partial charge in [-0.05, 0) is 35.9 Å². The SMILES string of the molecule is O=C(N[C@H](Cc1cccc(C(F)(F)F)c1)C(=O)O)c1ccc(C(F)(F)F)cc1. The van der Waals surface area contributed by atoms with E-state index in [9.17, 15) is 41.0 Å². The quantitative estimate of drug-likeness (QED) is 0.735. The molecule has 0 aliphatic carbocycles.